The zero-order valence-corrected chi connectivity index (χ0v) is 9.86. The van der Waals surface area contributed by atoms with Crippen LogP contribution in [0.5, 0.6) is 11.5 Å². The smallest absolute Gasteiger partial charge is 0.344 e. The van der Waals surface area contributed by atoms with Crippen LogP contribution in [-0.4, -0.2) is 45.2 Å². The van der Waals surface area contributed by atoms with Gasteiger partial charge in [-0.2, -0.15) is 0 Å². The average Bonchev–Trinajstić information content (AvgIpc) is 2.27. The fraction of sp³-hybridized carbons (Fsp3) is 0.364. The van der Waals surface area contributed by atoms with Gasteiger partial charge in [0.1, 0.15) is 11.5 Å². The summed E-state index contributed by atoms with van der Waals surface area (Å²) in [6.45, 7) is 2.05. The summed E-state index contributed by atoms with van der Waals surface area (Å²) in [5.41, 5.74) is 0. The standard InChI is InChI=1S/C11H14O4.Li/c1-3-14-11(12)8-15-10-6-4-9(13-2)5-7-10;/h4-7H,3,8H2,1-2H3;. The molecule has 1 aromatic rings. The quantitative estimate of drug-likeness (QED) is 0.550. The van der Waals surface area contributed by atoms with Crippen LogP contribution in [0.2, 0.25) is 0 Å². The van der Waals surface area contributed by atoms with E-state index in [2.05, 4.69) is 0 Å². The van der Waals surface area contributed by atoms with Crippen LogP contribution in [0.15, 0.2) is 24.3 Å². The Labute approximate surface area is 107 Å². The van der Waals surface area contributed by atoms with Gasteiger partial charge in [-0.3, -0.25) is 0 Å². The normalized spacial score (nSPS) is 8.88. The number of rotatable bonds is 5. The van der Waals surface area contributed by atoms with Crippen molar-refractivity contribution in [3.63, 3.8) is 0 Å². The number of methoxy groups -OCH3 is 1. The van der Waals surface area contributed by atoms with Crippen LogP contribution in [0, 0.1) is 0 Å². The van der Waals surface area contributed by atoms with Crippen molar-refractivity contribution in [3.05, 3.63) is 24.3 Å². The minimum Gasteiger partial charge on any atom is -0.497 e. The predicted octanol–water partition coefficient (Wildman–Crippen LogP) is 1.26. The maximum absolute atomic E-state index is 11.0. The van der Waals surface area contributed by atoms with E-state index in [-0.39, 0.29) is 31.4 Å². The second-order valence-corrected chi connectivity index (χ2v) is 2.77. The Morgan fingerprint density at radius 1 is 1.19 bits per heavy atom. The maximum Gasteiger partial charge on any atom is 0.344 e. The largest absolute Gasteiger partial charge is 0.497 e. The van der Waals surface area contributed by atoms with E-state index in [1.165, 1.54) is 0 Å². The second-order valence-electron chi connectivity index (χ2n) is 2.77. The van der Waals surface area contributed by atoms with Gasteiger partial charge in [0.15, 0.2) is 6.61 Å². The molecule has 0 aliphatic heterocycles. The second kappa shape index (κ2) is 8.09. The number of carbonyl (C=O) groups excluding carboxylic acids is 1. The Kier molecular flexibility index (Phi) is 7.53. The Hall–Kier alpha value is -1.11. The Bertz CT molecular complexity index is 310. The summed E-state index contributed by atoms with van der Waals surface area (Å²) in [5.74, 6) is 0.996. The minimum atomic E-state index is -0.367. The Morgan fingerprint density at radius 3 is 2.25 bits per heavy atom. The van der Waals surface area contributed by atoms with Crippen molar-refractivity contribution in [2.24, 2.45) is 0 Å². The molecule has 0 saturated carbocycles. The molecule has 83 valence electrons. The maximum atomic E-state index is 11.0. The van der Waals surface area contributed by atoms with Gasteiger partial charge in [0, 0.05) is 18.9 Å². The third-order valence-electron chi connectivity index (χ3n) is 1.72. The van der Waals surface area contributed by atoms with Gasteiger partial charge in [-0.25, -0.2) is 4.79 Å². The van der Waals surface area contributed by atoms with Crippen LogP contribution in [-0.2, 0) is 9.53 Å². The van der Waals surface area contributed by atoms with Crippen LogP contribution in [0.4, 0.5) is 0 Å². The summed E-state index contributed by atoms with van der Waals surface area (Å²) in [4.78, 5) is 11.0. The number of hydrogen-bond donors (Lipinski definition) is 0. The van der Waals surface area contributed by atoms with Crippen molar-refractivity contribution in [2.45, 2.75) is 6.92 Å². The van der Waals surface area contributed by atoms with Crippen LogP contribution in [0.25, 0.3) is 0 Å². The summed E-state index contributed by atoms with van der Waals surface area (Å²) in [6.07, 6.45) is 0. The molecule has 0 N–H and O–H groups in total. The Morgan fingerprint density at radius 2 is 1.75 bits per heavy atom. The van der Waals surface area contributed by atoms with E-state index in [0.29, 0.717) is 12.4 Å². The summed E-state index contributed by atoms with van der Waals surface area (Å²) >= 11 is 0. The number of benzene rings is 1. The summed E-state index contributed by atoms with van der Waals surface area (Å²) in [5, 5.41) is 0. The van der Waals surface area contributed by atoms with Crippen molar-refractivity contribution in [1.82, 2.24) is 0 Å². The summed E-state index contributed by atoms with van der Waals surface area (Å²) < 4.78 is 14.9. The first-order valence-corrected chi connectivity index (χ1v) is 4.68. The zero-order valence-electron chi connectivity index (χ0n) is 9.86. The van der Waals surface area contributed by atoms with Crippen LogP contribution in [0.3, 0.4) is 0 Å². The number of hydrogen-bond acceptors (Lipinski definition) is 4. The van der Waals surface area contributed by atoms with Crippen LogP contribution in [0.1, 0.15) is 6.92 Å². The van der Waals surface area contributed by atoms with Gasteiger partial charge < -0.3 is 14.2 Å². The number of ether oxygens (including phenoxy) is 3. The van der Waals surface area contributed by atoms with Crippen molar-refractivity contribution < 1.29 is 19.0 Å². The predicted molar refractivity (Wildman–Crippen MR) is 60.9 cm³/mol. The molecule has 0 aromatic heterocycles. The van der Waals surface area contributed by atoms with Crippen molar-refractivity contribution in [2.75, 3.05) is 20.3 Å². The molecule has 4 nitrogen and oxygen atoms in total. The van der Waals surface area contributed by atoms with Gasteiger partial charge in [-0.15, -0.1) is 0 Å². The van der Waals surface area contributed by atoms with E-state index >= 15 is 0 Å². The third kappa shape index (κ3) is 5.10. The molecule has 0 bridgehead atoms. The van der Waals surface area contributed by atoms with E-state index in [1.54, 1.807) is 38.3 Å². The van der Waals surface area contributed by atoms with Gasteiger partial charge in [0.25, 0.3) is 0 Å². The molecule has 0 spiro atoms. The Balaban J connectivity index is 0.00000225. The monoisotopic (exact) mass is 217 g/mol. The SMILES string of the molecule is CCOC(=O)COc1ccc(OC)cc1.[Li]. The first-order valence-electron chi connectivity index (χ1n) is 4.68. The molecule has 0 fully saturated rings. The number of carbonyl (C=O) groups is 1. The van der Waals surface area contributed by atoms with Gasteiger partial charge in [0.05, 0.1) is 13.7 Å². The molecule has 1 radical (unpaired) electrons. The molecule has 1 rings (SSSR count). The van der Waals surface area contributed by atoms with Crippen molar-refractivity contribution >= 4 is 24.8 Å². The van der Waals surface area contributed by atoms with E-state index in [1.807, 2.05) is 0 Å². The van der Waals surface area contributed by atoms with Gasteiger partial charge in [-0.1, -0.05) is 0 Å². The first-order chi connectivity index (χ1) is 7.26. The van der Waals surface area contributed by atoms with Crippen LogP contribution < -0.4 is 9.47 Å². The molecule has 0 aliphatic rings. The fourth-order valence-electron chi connectivity index (χ4n) is 1.02. The fourth-order valence-corrected chi connectivity index (χ4v) is 1.02. The molecular formula is C11H14LiO4. The van der Waals surface area contributed by atoms with E-state index in [9.17, 15) is 4.79 Å². The first kappa shape index (κ1) is 14.9. The molecule has 5 heteroatoms. The van der Waals surface area contributed by atoms with Crippen molar-refractivity contribution in [1.29, 1.82) is 0 Å². The van der Waals surface area contributed by atoms with Gasteiger partial charge in [-0.05, 0) is 31.2 Å². The third-order valence-corrected chi connectivity index (χ3v) is 1.72. The topological polar surface area (TPSA) is 44.8 Å². The molecule has 1 aromatic carbocycles. The molecule has 0 amide bonds. The van der Waals surface area contributed by atoms with E-state index in [0.717, 1.165) is 5.75 Å². The molecule has 0 atom stereocenters. The number of esters is 1. The van der Waals surface area contributed by atoms with E-state index < -0.39 is 0 Å². The summed E-state index contributed by atoms with van der Waals surface area (Å²) in [6, 6.07) is 7.00. The van der Waals surface area contributed by atoms with Gasteiger partial charge in [0.2, 0.25) is 0 Å². The van der Waals surface area contributed by atoms with Gasteiger partial charge >= 0.3 is 5.97 Å². The zero-order chi connectivity index (χ0) is 11.1. The minimum absolute atomic E-state index is 0. The summed E-state index contributed by atoms with van der Waals surface area (Å²) in [7, 11) is 1.59. The molecular weight excluding hydrogens is 203 g/mol. The van der Waals surface area contributed by atoms with Crippen LogP contribution >= 0.6 is 0 Å². The molecule has 0 saturated heterocycles. The van der Waals surface area contributed by atoms with Crippen molar-refractivity contribution in [3.8, 4) is 11.5 Å². The average molecular weight is 217 g/mol. The molecule has 0 heterocycles. The molecule has 0 unspecified atom stereocenters. The van der Waals surface area contributed by atoms with E-state index in [4.69, 9.17) is 14.2 Å². The molecule has 16 heavy (non-hydrogen) atoms. The molecule has 0 aliphatic carbocycles.